The second-order valence-corrected chi connectivity index (χ2v) is 7.81. The maximum atomic E-state index is 13.6. The number of carbonyl (C=O) groups excluding carboxylic acids is 1. The highest BCUT2D eigenvalue weighted by atomic mass is 19.1. The minimum absolute atomic E-state index is 0.0496. The van der Waals surface area contributed by atoms with Crippen molar-refractivity contribution in [3.8, 4) is 0 Å². The number of halogens is 1. The fourth-order valence-electron chi connectivity index (χ4n) is 4.06. The molecule has 2 saturated heterocycles. The number of ether oxygens (including phenoxy) is 1. The number of likely N-dealkylation sites (tertiary alicyclic amines) is 1. The summed E-state index contributed by atoms with van der Waals surface area (Å²) in [6, 6.07) is 12.8. The molecule has 0 radical (unpaired) electrons. The molecule has 0 aliphatic carbocycles. The van der Waals surface area contributed by atoms with Gasteiger partial charge in [0.05, 0.1) is 6.54 Å². The van der Waals surface area contributed by atoms with Gasteiger partial charge < -0.3 is 9.64 Å². The summed E-state index contributed by atoms with van der Waals surface area (Å²) in [7, 11) is 0. The Morgan fingerprint density at radius 3 is 2.74 bits per heavy atom. The number of carbonyl (C=O) groups is 1. The van der Waals surface area contributed by atoms with E-state index in [-0.39, 0.29) is 23.9 Å². The molecule has 2 fully saturated rings. The third-order valence-corrected chi connectivity index (χ3v) is 5.74. The van der Waals surface area contributed by atoms with Crippen LogP contribution in [0.1, 0.15) is 23.1 Å². The first-order chi connectivity index (χ1) is 12.9. The van der Waals surface area contributed by atoms with Gasteiger partial charge in [-0.15, -0.1) is 0 Å². The van der Waals surface area contributed by atoms with Crippen LogP contribution < -0.4 is 4.90 Å². The molecule has 0 bridgehead atoms. The molecule has 2 aromatic carbocycles. The first-order valence-corrected chi connectivity index (χ1v) is 9.43. The van der Waals surface area contributed by atoms with Crippen LogP contribution in [0, 0.1) is 19.7 Å². The number of rotatable bonds is 3. The van der Waals surface area contributed by atoms with Crippen LogP contribution in [0.25, 0.3) is 0 Å². The standard InChI is InChI=1S/C22H25FN2O2/c1-16-6-7-18(10-17(16)2)12-24-9-8-22(14-24)15-25(21(26)13-27-22)20-5-3-4-19(23)11-20/h3-7,10-11H,8-9,12-15H2,1-2H3. The largest absolute Gasteiger partial charge is 0.362 e. The van der Waals surface area contributed by atoms with Crippen molar-refractivity contribution >= 4 is 11.6 Å². The smallest absolute Gasteiger partial charge is 0.253 e. The Labute approximate surface area is 159 Å². The predicted octanol–water partition coefficient (Wildman–Crippen LogP) is 3.45. The van der Waals surface area contributed by atoms with Crippen LogP contribution in [0.5, 0.6) is 0 Å². The third kappa shape index (κ3) is 3.75. The van der Waals surface area contributed by atoms with Crippen LogP contribution in [0.15, 0.2) is 42.5 Å². The molecular formula is C22H25FN2O2. The van der Waals surface area contributed by atoms with E-state index in [0.717, 1.165) is 26.1 Å². The summed E-state index contributed by atoms with van der Waals surface area (Å²) in [5, 5.41) is 0. The van der Waals surface area contributed by atoms with Crippen molar-refractivity contribution in [1.29, 1.82) is 0 Å². The van der Waals surface area contributed by atoms with Gasteiger partial charge in [-0.25, -0.2) is 4.39 Å². The van der Waals surface area contributed by atoms with Gasteiger partial charge in [0, 0.05) is 25.3 Å². The Morgan fingerprint density at radius 2 is 1.96 bits per heavy atom. The highest BCUT2D eigenvalue weighted by molar-refractivity contribution is 5.95. The average Bonchev–Trinajstić information content (AvgIpc) is 3.03. The van der Waals surface area contributed by atoms with Crippen LogP contribution >= 0.6 is 0 Å². The summed E-state index contributed by atoms with van der Waals surface area (Å²) in [5.74, 6) is -0.442. The van der Waals surface area contributed by atoms with E-state index >= 15 is 0 Å². The lowest BCUT2D eigenvalue weighted by molar-refractivity contribution is -0.137. The number of aryl methyl sites for hydroxylation is 2. The topological polar surface area (TPSA) is 32.8 Å². The second-order valence-electron chi connectivity index (χ2n) is 7.81. The maximum Gasteiger partial charge on any atom is 0.253 e. The van der Waals surface area contributed by atoms with E-state index in [9.17, 15) is 9.18 Å². The second kappa shape index (κ2) is 7.06. The first-order valence-electron chi connectivity index (χ1n) is 9.43. The molecule has 4 nitrogen and oxygen atoms in total. The van der Waals surface area contributed by atoms with Gasteiger partial charge in [0.2, 0.25) is 0 Å². The van der Waals surface area contributed by atoms with Crippen LogP contribution in [0.3, 0.4) is 0 Å². The summed E-state index contributed by atoms with van der Waals surface area (Å²) in [6.07, 6.45) is 0.872. The fourth-order valence-corrected chi connectivity index (χ4v) is 4.06. The molecule has 4 rings (SSSR count). The van der Waals surface area contributed by atoms with Crippen molar-refractivity contribution in [2.45, 2.75) is 32.4 Å². The number of hydrogen-bond acceptors (Lipinski definition) is 3. The molecule has 2 aliphatic heterocycles. The fraction of sp³-hybridized carbons (Fsp3) is 0.409. The van der Waals surface area contributed by atoms with Gasteiger partial charge in [0.15, 0.2) is 0 Å². The van der Waals surface area contributed by atoms with Crippen LogP contribution in [-0.4, -0.2) is 42.6 Å². The molecule has 1 spiro atoms. The van der Waals surface area contributed by atoms with E-state index in [4.69, 9.17) is 4.74 Å². The van der Waals surface area contributed by atoms with Crippen LogP contribution in [0.4, 0.5) is 10.1 Å². The van der Waals surface area contributed by atoms with Crippen molar-refractivity contribution in [3.63, 3.8) is 0 Å². The molecule has 0 saturated carbocycles. The Bertz CT molecular complexity index is 869. The van der Waals surface area contributed by atoms with Crippen molar-refractivity contribution in [3.05, 3.63) is 65.0 Å². The minimum Gasteiger partial charge on any atom is -0.362 e. The van der Waals surface area contributed by atoms with Crippen molar-refractivity contribution in [2.75, 3.05) is 31.1 Å². The third-order valence-electron chi connectivity index (χ3n) is 5.74. The molecule has 5 heteroatoms. The molecule has 2 aliphatic rings. The molecule has 142 valence electrons. The quantitative estimate of drug-likeness (QED) is 0.832. The van der Waals surface area contributed by atoms with Gasteiger partial charge in [-0.05, 0) is 55.2 Å². The Kier molecular flexibility index (Phi) is 4.74. The minimum atomic E-state index is -0.375. The first kappa shape index (κ1) is 18.1. The highest BCUT2D eigenvalue weighted by Crippen LogP contribution is 2.33. The van der Waals surface area contributed by atoms with E-state index in [2.05, 4.69) is 36.9 Å². The summed E-state index contributed by atoms with van der Waals surface area (Å²) in [5.41, 5.74) is 4.13. The van der Waals surface area contributed by atoms with Gasteiger partial charge in [-0.3, -0.25) is 9.69 Å². The number of nitrogens with zero attached hydrogens (tertiary/aromatic N) is 2. The highest BCUT2D eigenvalue weighted by Gasteiger charge is 2.45. The Morgan fingerprint density at radius 1 is 1.11 bits per heavy atom. The summed E-state index contributed by atoms with van der Waals surface area (Å²) in [6.45, 7) is 7.36. The molecule has 27 heavy (non-hydrogen) atoms. The molecule has 1 amide bonds. The Balaban J connectivity index is 1.47. The SMILES string of the molecule is Cc1ccc(CN2CCC3(C2)CN(c2cccc(F)c2)C(=O)CO3)cc1C. The lowest BCUT2D eigenvalue weighted by Crippen LogP contribution is -2.56. The van der Waals surface area contributed by atoms with Crippen molar-refractivity contribution in [2.24, 2.45) is 0 Å². The van der Waals surface area contributed by atoms with E-state index in [0.29, 0.717) is 12.2 Å². The summed E-state index contributed by atoms with van der Waals surface area (Å²) in [4.78, 5) is 16.4. The molecule has 1 unspecified atom stereocenters. The van der Waals surface area contributed by atoms with Crippen LogP contribution in [-0.2, 0) is 16.1 Å². The van der Waals surface area contributed by atoms with E-state index < -0.39 is 0 Å². The summed E-state index contributed by atoms with van der Waals surface area (Å²) >= 11 is 0. The molecule has 2 heterocycles. The monoisotopic (exact) mass is 368 g/mol. The number of anilines is 1. The zero-order valence-corrected chi connectivity index (χ0v) is 15.9. The van der Waals surface area contributed by atoms with Gasteiger partial charge in [-0.1, -0.05) is 24.3 Å². The predicted molar refractivity (Wildman–Crippen MR) is 103 cm³/mol. The van der Waals surface area contributed by atoms with Gasteiger partial charge >= 0.3 is 0 Å². The molecule has 0 aromatic heterocycles. The number of benzene rings is 2. The van der Waals surface area contributed by atoms with Crippen molar-refractivity contribution < 1.29 is 13.9 Å². The molecule has 2 aromatic rings. The molecule has 0 N–H and O–H groups in total. The van der Waals surface area contributed by atoms with E-state index in [1.807, 2.05) is 0 Å². The maximum absolute atomic E-state index is 13.6. The lowest BCUT2D eigenvalue weighted by atomic mass is 10.00. The lowest BCUT2D eigenvalue weighted by Gasteiger charge is -2.40. The molecule has 1 atom stereocenters. The molecular weight excluding hydrogens is 343 g/mol. The number of amides is 1. The average molecular weight is 368 g/mol. The van der Waals surface area contributed by atoms with Gasteiger partial charge in [0.25, 0.3) is 5.91 Å². The zero-order chi connectivity index (χ0) is 19.0. The number of hydrogen-bond donors (Lipinski definition) is 0. The normalized spacial score (nSPS) is 23.4. The van der Waals surface area contributed by atoms with Crippen LogP contribution in [0.2, 0.25) is 0 Å². The van der Waals surface area contributed by atoms with E-state index in [1.165, 1.54) is 28.8 Å². The number of morpholine rings is 1. The zero-order valence-electron chi connectivity index (χ0n) is 15.9. The van der Waals surface area contributed by atoms with Crippen molar-refractivity contribution in [1.82, 2.24) is 4.90 Å². The Hall–Kier alpha value is -2.24. The van der Waals surface area contributed by atoms with Gasteiger partial charge in [0.1, 0.15) is 18.0 Å². The van der Waals surface area contributed by atoms with E-state index in [1.54, 1.807) is 17.0 Å². The van der Waals surface area contributed by atoms with Gasteiger partial charge in [-0.2, -0.15) is 0 Å². The summed E-state index contributed by atoms with van der Waals surface area (Å²) < 4.78 is 19.6.